The van der Waals surface area contributed by atoms with Crippen molar-refractivity contribution in [3.63, 3.8) is 0 Å². The van der Waals surface area contributed by atoms with E-state index in [1.54, 1.807) is 0 Å². The maximum Gasteiger partial charge on any atom is 0.305 e. The highest BCUT2D eigenvalue weighted by atomic mass is 16.5. The molecule has 2 aliphatic rings. The van der Waals surface area contributed by atoms with Gasteiger partial charge < -0.3 is 18.9 Å². The molecule has 0 bridgehead atoms. The number of carbonyl (C=O) groups is 2. The Morgan fingerprint density at radius 3 is 1.24 bits per heavy atom. The van der Waals surface area contributed by atoms with Gasteiger partial charge in [0.2, 0.25) is 0 Å². The van der Waals surface area contributed by atoms with Crippen LogP contribution >= 0.6 is 0 Å². The molecule has 5 rings (SSSR count). The van der Waals surface area contributed by atoms with Gasteiger partial charge in [0.05, 0.1) is 26.4 Å². The first kappa shape index (κ1) is 34.1. The van der Waals surface area contributed by atoms with Gasteiger partial charge >= 0.3 is 11.9 Å². The van der Waals surface area contributed by atoms with E-state index in [1.807, 2.05) is 24.3 Å². The first-order valence-corrected chi connectivity index (χ1v) is 18.2. The van der Waals surface area contributed by atoms with Crippen molar-refractivity contribution in [2.75, 3.05) is 26.4 Å². The lowest BCUT2D eigenvalue weighted by Crippen LogP contribution is -2.12. The summed E-state index contributed by atoms with van der Waals surface area (Å²) in [5.41, 5.74) is 0. The zero-order valence-electron chi connectivity index (χ0n) is 27.8. The van der Waals surface area contributed by atoms with Crippen LogP contribution in [0, 0.1) is 11.8 Å². The van der Waals surface area contributed by atoms with E-state index in [0.717, 1.165) is 83.4 Å². The number of carbonyl (C=O) groups excluding carboxylic acids is 2. The number of esters is 2. The zero-order chi connectivity index (χ0) is 31.8. The number of ether oxygens (including phenoxy) is 4. The van der Waals surface area contributed by atoms with E-state index in [2.05, 4.69) is 24.3 Å². The number of fused-ring (bicyclic) bond motifs is 2. The van der Waals surface area contributed by atoms with Gasteiger partial charge in [-0.25, -0.2) is 0 Å². The molecular formula is C40H54O6. The maximum atomic E-state index is 12.3. The Morgan fingerprint density at radius 1 is 0.500 bits per heavy atom. The quantitative estimate of drug-likeness (QED) is 0.0791. The molecule has 6 nitrogen and oxygen atoms in total. The highest BCUT2D eigenvalue weighted by Gasteiger charge is 2.17. The molecule has 0 unspecified atom stereocenters. The molecule has 0 heterocycles. The third kappa shape index (κ3) is 10.4. The summed E-state index contributed by atoms with van der Waals surface area (Å²) < 4.78 is 23.9. The fourth-order valence-electron chi connectivity index (χ4n) is 7.23. The number of unbranched alkanes of at least 4 members (excludes halogenated alkanes) is 2. The van der Waals surface area contributed by atoms with E-state index in [4.69, 9.17) is 18.9 Å². The van der Waals surface area contributed by atoms with Crippen LogP contribution in [0.3, 0.4) is 0 Å². The molecule has 0 radical (unpaired) electrons. The Kier molecular flexibility index (Phi) is 13.9. The van der Waals surface area contributed by atoms with Crippen LogP contribution in [-0.4, -0.2) is 38.4 Å². The summed E-state index contributed by atoms with van der Waals surface area (Å²) in [6, 6.07) is 16.4. The van der Waals surface area contributed by atoms with Gasteiger partial charge in [-0.05, 0) is 50.4 Å². The van der Waals surface area contributed by atoms with Crippen molar-refractivity contribution < 1.29 is 28.5 Å². The van der Waals surface area contributed by atoms with Crippen LogP contribution in [0.25, 0.3) is 21.5 Å². The molecule has 2 saturated carbocycles. The van der Waals surface area contributed by atoms with E-state index in [0.29, 0.717) is 39.3 Å². The first-order valence-electron chi connectivity index (χ1n) is 18.2. The third-order valence-electron chi connectivity index (χ3n) is 9.90. The van der Waals surface area contributed by atoms with Crippen molar-refractivity contribution in [1.82, 2.24) is 0 Å². The van der Waals surface area contributed by atoms with Gasteiger partial charge in [0.1, 0.15) is 11.5 Å². The van der Waals surface area contributed by atoms with Crippen LogP contribution in [0.15, 0.2) is 48.5 Å². The van der Waals surface area contributed by atoms with Gasteiger partial charge in [-0.2, -0.15) is 0 Å². The van der Waals surface area contributed by atoms with Crippen molar-refractivity contribution in [3.8, 4) is 11.5 Å². The predicted molar refractivity (Wildman–Crippen MR) is 184 cm³/mol. The summed E-state index contributed by atoms with van der Waals surface area (Å²) in [6.07, 6.45) is 19.0. The molecule has 0 atom stereocenters. The Labute approximate surface area is 275 Å². The standard InChI is InChI=1S/C40H54O6/c41-37(43-29-25-31-15-3-1-4-16-31)23-11-13-27-45-39-33-19-7-9-21-35(33)40(36-22-10-8-20-34(36)39)46-28-14-12-24-38(42)44-30-26-32-17-5-2-6-18-32/h7-10,19-22,31-32H,1-6,11-18,23-30H2. The summed E-state index contributed by atoms with van der Waals surface area (Å²) in [7, 11) is 0. The average molecular weight is 631 g/mol. The maximum absolute atomic E-state index is 12.3. The van der Waals surface area contributed by atoms with Gasteiger partial charge in [-0.3, -0.25) is 9.59 Å². The van der Waals surface area contributed by atoms with Gasteiger partial charge in [0, 0.05) is 34.4 Å². The second-order valence-corrected chi connectivity index (χ2v) is 13.4. The zero-order valence-corrected chi connectivity index (χ0v) is 27.8. The molecule has 0 saturated heterocycles. The van der Waals surface area contributed by atoms with E-state index >= 15 is 0 Å². The summed E-state index contributed by atoms with van der Waals surface area (Å²) >= 11 is 0. The number of hydrogen-bond acceptors (Lipinski definition) is 6. The fourth-order valence-corrected chi connectivity index (χ4v) is 7.23. The minimum absolute atomic E-state index is 0.0974. The Balaban J connectivity index is 1.07. The van der Waals surface area contributed by atoms with E-state index in [9.17, 15) is 9.59 Å². The molecule has 0 amide bonds. The first-order chi connectivity index (χ1) is 22.7. The summed E-state index contributed by atoms with van der Waals surface area (Å²) in [5.74, 6) is 2.97. The SMILES string of the molecule is O=C(CCCCOc1c2ccccc2c(OCCCCC(=O)OCCC2CCCCC2)c2ccccc12)OCCC1CCCCC1. The molecule has 0 N–H and O–H groups in total. The molecule has 0 aliphatic heterocycles. The average Bonchev–Trinajstić information content (AvgIpc) is 3.09. The smallest absolute Gasteiger partial charge is 0.305 e. The van der Waals surface area contributed by atoms with E-state index in [-0.39, 0.29) is 11.9 Å². The van der Waals surface area contributed by atoms with Crippen molar-refractivity contribution in [3.05, 3.63) is 48.5 Å². The minimum atomic E-state index is -0.0974. The summed E-state index contributed by atoms with van der Waals surface area (Å²) in [4.78, 5) is 24.5. The fraction of sp³-hybridized carbons (Fsp3) is 0.600. The Morgan fingerprint density at radius 2 is 0.870 bits per heavy atom. The van der Waals surface area contributed by atoms with Crippen LogP contribution < -0.4 is 9.47 Å². The second-order valence-electron chi connectivity index (χ2n) is 13.4. The third-order valence-corrected chi connectivity index (χ3v) is 9.90. The van der Waals surface area contributed by atoms with Crippen LogP contribution in [0.4, 0.5) is 0 Å². The van der Waals surface area contributed by atoms with Crippen LogP contribution in [0.1, 0.15) is 116 Å². The van der Waals surface area contributed by atoms with Gasteiger partial charge in [-0.15, -0.1) is 0 Å². The van der Waals surface area contributed by atoms with Crippen molar-refractivity contribution >= 4 is 33.5 Å². The Bertz CT molecular complexity index is 1210. The van der Waals surface area contributed by atoms with Crippen LogP contribution in [-0.2, 0) is 19.1 Å². The molecule has 2 aliphatic carbocycles. The van der Waals surface area contributed by atoms with E-state index < -0.39 is 0 Å². The molecule has 0 spiro atoms. The van der Waals surface area contributed by atoms with Gasteiger partial charge in [0.25, 0.3) is 0 Å². The molecule has 3 aromatic carbocycles. The molecule has 6 heteroatoms. The lowest BCUT2D eigenvalue weighted by Gasteiger charge is -2.21. The lowest BCUT2D eigenvalue weighted by molar-refractivity contribution is -0.145. The molecular weight excluding hydrogens is 576 g/mol. The lowest BCUT2D eigenvalue weighted by atomic mass is 9.87. The van der Waals surface area contributed by atoms with E-state index in [1.165, 1.54) is 64.2 Å². The monoisotopic (exact) mass is 630 g/mol. The molecule has 0 aromatic heterocycles. The van der Waals surface area contributed by atoms with Gasteiger partial charge in [-0.1, -0.05) is 113 Å². The van der Waals surface area contributed by atoms with Crippen molar-refractivity contribution in [1.29, 1.82) is 0 Å². The number of rotatable bonds is 18. The van der Waals surface area contributed by atoms with Crippen LogP contribution in [0.2, 0.25) is 0 Å². The topological polar surface area (TPSA) is 71.1 Å². The van der Waals surface area contributed by atoms with Crippen LogP contribution in [0.5, 0.6) is 11.5 Å². The molecule has 250 valence electrons. The summed E-state index contributed by atoms with van der Waals surface area (Å²) in [6.45, 7) is 2.17. The molecule has 3 aromatic rings. The minimum Gasteiger partial charge on any atom is -0.492 e. The molecule has 46 heavy (non-hydrogen) atoms. The second kappa shape index (κ2) is 18.8. The normalized spacial score (nSPS) is 16.0. The number of benzene rings is 3. The highest BCUT2D eigenvalue weighted by molar-refractivity contribution is 6.11. The van der Waals surface area contributed by atoms with Crippen molar-refractivity contribution in [2.24, 2.45) is 11.8 Å². The highest BCUT2D eigenvalue weighted by Crippen LogP contribution is 2.42. The van der Waals surface area contributed by atoms with Crippen molar-refractivity contribution in [2.45, 2.75) is 116 Å². The largest absolute Gasteiger partial charge is 0.492 e. The molecule has 2 fully saturated rings. The van der Waals surface area contributed by atoms with Gasteiger partial charge in [0.15, 0.2) is 0 Å². The Hall–Kier alpha value is -3.28. The number of hydrogen-bond donors (Lipinski definition) is 0. The summed E-state index contributed by atoms with van der Waals surface area (Å²) in [5, 5.41) is 4.06. The predicted octanol–water partition coefficient (Wildman–Crippen LogP) is 10.1.